The number of piperidine rings is 1. The van der Waals surface area contributed by atoms with Crippen molar-refractivity contribution in [3.05, 3.63) is 35.1 Å². The lowest BCUT2D eigenvalue weighted by Gasteiger charge is -2.61. The standard InChI is InChI=1S/C25H29NO8/c1-23(2)33-16(22(28)34-23)12-18(27)31-15-7-8-25(29)17-11-13-5-6-14(30-4)20-19(13)24(25,21(15)32-20)9-10-26(17)3/h5-7,16-17,21,29H,8-12H2,1-4H3/t16-,17+,21-,24-,25+/m1/s1. The zero-order chi connectivity index (χ0) is 24.0. The Hall–Kier alpha value is -2.62. The topological polar surface area (TPSA) is 104 Å². The average Bonchev–Trinajstić information content (AvgIpc) is 3.25. The average molecular weight is 472 g/mol. The Balaban J connectivity index is 1.36. The van der Waals surface area contributed by atoms with E-state index in [1.54, 1.807) is 27.0 Å². The minimum absolute atomic E-state index is 0.0865. The van der Waals surface area contributed by atoms with Crippen LogP contribution < -0.4 is 9.47 Å². The van der Waals surface area contributed by atoms with Gasteiger partial charge in [0, 0.05) is 31.9 Å². The minimum Gasteiger partial charge on any atom is -0.493 e. The van der Waals surface area contributed by atoms with Crippen LogP contribution in [0.25, 0.3) is 0 Å². The summed E-state index contributed by atoms with van der Waals surface area (Å²) in [5, 5.41) is 12.2. The molecular weight excluding hydrogens is 442 g/mol. The summed E-state index contributed by atoms with van der Waals surface area (Å²) in [6.07, 6.45) is 1.48. The molecule has 3 heterocycles. The van der Waals surface area contributed by atoms with Crippen molar-refractivity contribution in [2.24, 2.45) is 0 Å². The molecule has 1 aromatic rings. The first-order valence-corrected chi connectivity index (χ1v) is 11.7. The molecule has 6 rings (SSSR count). The number of methoxy groups -OCH3 is 1. The molecule has 5 atom stereocenters. The van der Waals surface area contributed by atoms with Crippen LogP contribution in [0.1, 0.15) is 44.2 Å². The number of rotatable bonds is 4. The highest BCUT2D eigenvalue weighted by Gasteiger charge is 2.72. The maximum Gasteiger partial charge on any atom is 0.338 e. The van der Waals surface area contributed by atoms with Crippen LogP contribution in [0.4, 0.5) is 0 Å². The van der Waals surface area contributed by atoms with Crippen LogP contribution in [0.15, 0.2) is 24.0 Å². The van der Waals surface area contributed by atoms with Gasteiger partial charge < -0.3 is 33.7 Å². The highest BCUT2D eigenvalue weighted by Crippen LogP contribution is 2.65. The van der Waals surface area contributed by atoms with E-state index in [0.717, 1.165) is 17.7 Å². The predicted molar refractivity (Wildman–Crippen MR) is 117 cm³/mol. The summed E-state index contributed by atoms with van der Waals surface area (Å²) in [4.78, 5) is 27.2. The zero-order valence-electron chi connectivity index (χ0n) is 19.8. The second-order valence-electron chi connectivity index (χ2n) is 10.4. The number of likely N-dealkylation sites (tertiary alicyclic amines) is 1. The van der Waals surface area contributed by atoms with Gasteiger partial charge in [0.15, 0.2) is 23.7 Å². The third-order valence-corrected chi connectivity index (χ3v) is 8.18. The molecule has 1 N–H and O–H groups in total. The zero-order valence-corrected chi connectivity index (χ0v) is 19.8. The lowest BCUT2D eigenvalue weighted by molar-refractivity contribution is -0.171. The van der Waals surface area contributed by atoms with Crippen LogP contribution in [0.5, 0.6) is 11.5 Å². The van der Waals surface area contributed by atoms with E-state index in [4.69, 9.17) is 23.7 Å². The van der Waals surface area contributed by atoms with E-state index >= 15 is 0 Å². The van der Waals surface area contributed by atoms with Crippen molar-refractivity contribution in [3.8, 4) is 11.5 Å². The van der Waals surface area contributed by atoms with E-state index in [0.29, 0.717) is 36.5 Å². The van der Waals surface area contributed by atoms with Gasteiger partial charge in [0.05, 0.1) is 24.5 Å². The van der Waals surface area contributed by atoms with Gasteiger partial charge in [-0.1, -0.05) is 6.07 Å². The van der Waals surface area contributed by atoms with Gasteiger partial charge in [-0.05, 0) is 44.1 Å². The Labute approximate surface area is 197 Å². The summed E-state index contributed by atoms with van der Waals surface area (Å²) in [6, 6.07) is 3.85. The van der Waals surface area contributed by atoms with Gasteiger partial charge in [0.25, 0.3) is 0 Å². The number of cyclic esters (lactones) is 1. The van der Waals surface area contributed by atoms with Crippen molar-refractivity contribution in [1.82, 2.24) is 4.90 Å². The molecule has 0 unspecified atom stereocenters. The third-order valence-electron chi connectivity index (χ3n) is 8.18. The molecule has 34 heavy (non-hydrogen) atoms. The molecule has 2 aliphatic carbocycles. The number of nitrogens with zero attached hydrogens (tertiary/aromatic N) is 1. The van der Waals surface area contributed by atoms with E-state index < -0.39 is 40.9 Å². The fourth-order valence-corrected chi connectivity index (χ4v) is 6.76. The molecule has 0 radical (unpaired) electrons. The quantitative estimate of drug-likeness (QED) is 0.656. The fourth-order valence-electron chi connectivity index (χ4n) is 6.76. The van der Waals surface area contributed by atoms with Gasteiger partial charge in [-0.25, -0.2) is 4.79 Å². The highest BCUT2D eigenvalue weighted by molar-refractivity contribution is 5.83. The molecule has 2 saturated heterocycles. The Bertz CT molecular complexity index is 1130. The van der Waals surface area contributed by atoms with Crippen LogP contribution >= 0.6 is 0 Å². The van der Waals surface area contributed by atoms with Crippen molar-refractivity contribution >= 4 is 11.9 Å². The lowest BCUT2D eigenvalue weighted by atomic mass is 9.50. The van der Waals surface area contributed by atoms with Gasteiger partial charge in [-0.15, -0.1) is 0 Å². The molecule has 0 amide bonds. The predicted octanol–water partition coefficient (Wildman–Crippen LogP) is 1.58. The van der Waals surface area contributed by atoms with Crippen molar-refractivity contribution in [3.63, 3.8) is 0 Å². The van der Waals surface area contributed by atoms with Crippen molar-refractivity contribution in [1.29, 1.82) is 0 Å². The van der Waals surface area contributed by atoms with Gasteiger partial charge in [-0.3, -0.25) is 4.79 Å². The molecule has 9 heteroatoms. The number of likely N-dealkylation sites (N-methyl/N-ethyl adjacent to an activating group) is 1. The molecule has 182 valence electrons. The number of carbonyl (C=O) groups excluding carboxylic acids is 2. The molecule has 5 aliphatic rings. The molecule has 0 aromatic heterocycles. The van der Waals surface area contributed by atoms with Crippen molar-refractivity contribution in [2.45, 2.75) is 74.6 Å². The first-order chi connectivity index (χ1) is 16.1. The number of esters is 2. The van der Waals surface area contributed by atoms with E-state index in [1.165, 1.54) is 0 Å². The molecule has 2 fully saturated rings. The summed E-state index contributed by atoms with van der Waals surface area (Å²) < 4.78 is 28.5. The van der Waals surface area contributed by atoms with Gasteiger partial charge in [0.2, 0.25) is 5.79 Å². The summed E-state index contributed by atoms with van der Waals surface area (Å²) in [6.45, 7) is 4.02. The molecule has 2 bridgehead atoms. The van der Waals surface area contributed by atoms with E-state index in [-0.39, 0.29) is 12.5 Å². The third kappa shape index (κ3) is 2.71. The number of benzene rings is 1. The number of aliphatic hydroxyl groups is 1. The monoisotopic (exact) mass is 471 g/mol. The number of ether oxygens (including phenoxy) is 5. The molecular formula is C25H29NO8. The van der Waals surface area contributed by atoms with Gasteiger partial charge in [-0.2, -0.15) is 0 Å². The second-order valence-corrected chi connectivity index (χ2v) is 10.4. The van der Waals surface area contributed by atoms with Crippen molar-refractivity contribution in [2.75, 3.05) is 20.7 Å². The van der Waals surface area contributed by atoms with Crippen LogP contribution in [-0.4, -0.2) is 72.3 Å². The maximum atomic E-state index is 12.9. The Morgan fingerprint density at radius 3 is 2.82 bits per heavy atom. The SMILES string of the molecule is COc1ccc2c3c1O[C@@H]1C(OC(=O)C[C@H]4OC(C)(C)OC4=O)=CC[C@]4(O)[C@H](C2)N(C)CC[C@@]314. The smallest absolute Gasteiger partial charge is 0.338 e. The summed E-state index contributed by atoms with van der Waals surface area (Å²) in [5.74, 6) is -0.709. The molecule has 0 saturated carbocycles. The normalized spacial score (nSPS) is 36.8. The number of hydrogen-bond acceptors (Lipinski definition) is 9. The lowest BCUT2D eigenvalue weighted by Crippen LogP contribution is -2.74. The maximum absolute atomic E-state index is 12.9. The molecule has 9 nitrogen and oxygen atoms in total. The van der Waals surface area contributed by atoms with Crippen molar-refractivity contribution < 1.29 is 38.4 Å². The largest absolute Gasteiger partial charge is 0.493 e. The van der Waals surface area contributed by atoms with Gasteiger partial charge >= 0.3 is 11.9 Å². The highest BCUT2D eigenvalue weighted by atomic mass is 16.8. The Morgan fingerprint density at radius 2 is 2.12 bits per heavy atom. The van der Waals surface area contributed by atoms with E-state index in [9.17, 15) is 14.7 Å². The number of carbonyl (C=O) groups is 2. The first-order valence-electron chi connectivity index (χ1n) is 11.7. The van der Waals surface area contributed by atoms with Crippen LogP contribution in [0, 0.1) is 0 Å². The summed E-state index contributed by atoms with van der Waals surface area (Å²) >= 11 is 0. The minimum atomic E-state index is -1.08. The molecule has 1 aromatic carbocycles. The molecule has 3 aliphatic heterocycles. The summed E-state index contributed by atoms with van der Waals surface area (Å²) in [5.41, 5.74) is 0.260. The fraction of sp³-hybridized carbons (Fsp3) is 0.600. The summed E-state index contributed by atoms with van der Waals surface area (Å²) in [7, 11) is 3.63. The van der Waals surface area contributed by atoms with Crippen LogP contribution in [-0.2, 0) is 35.6 Å². The number of hydrogen-bond donors (Lipinski definition) is 1. The van der Waals surface area contributed by atoms with Crippen LogP contribution in [0.3, 0.4) is 0 Å². The van der Waals surface area contributed by atoms with E-state index in [2.05, 4.69) is 4.90 Å². The first kappa shape index (κ1) is 21.9. The Morgan fingerprint density at radius 1 is 1.32 bits per heavy atom. The van der Waals surface area contributed by atoms with Gasteiger partial charge in [0.1, 0.15) is 5.76 Å². The Kier molecular flexibility index (Phi) is 4.48. The molecule has 1 spiro atoms. The second kappa shape index (κ2) is 6.96. The van der Waals surface area contributed by atoms with E-state index in [1.807, 2.05) is 19.2 Å². The van der Waals surface area contributed by atoms with Crippen LogP contribution in [0.2, 0.25) is 0 Å².